The van der Waals surface area contributed by atoms with Crippen molar-refractivity contribution in [3.05, 3.63) is 29.3 Å². The molecule has 0 fully saturated rings. The first-order valence-electron chi connectivity index (χ1n) is 8.16. The minimum Gasteiger partial charge on any atom is -0.326 e. The minimum absolute atomic E-state index is 0.0447. The number of carbonyl (C=O) groups is 4. The summed E-state index contributed by atoms with van der Waals surface area (Å²) in [4.78, 5) is 47.8. The van der Waals surface area contributed by atoms with Crippen LogP contribution in [0.15, 0.2) is 18.2 Å². The molecule has 0 bridgehead atoms. The van der Waals surface area contributed by atoms with Crippen LogP contribution >= 0.6 is 0 Å². The van der Waals surface area contributed by atoms with E-state index in [0.29, 0.717) is 17.7 Å². The van der Waals surface area contributed by atoms with Gasteiger partial charge in [-0.3, -0.25) is 19.2 Å². The summed E-state index contributed by atoms with van der Waals surface area (Å²) in [7, 11) is 0. The van der Waals surface area contributed by atoms with Crippen LogP contribution in [0, 0.1) is 5.92 Å². The van der Waals surface area contributed by atoms with Gasteiger partial charge in [-0.25, -0.2) is 0 Å². The smallest absolute Gasteiger partial charge is 0.225 e. The molecule has 0 radical (unpaired) electrons. The van der Waals surface area contributed by atoms with E-state index in [1.54, 1.807) is 25.1 Å². The highest BCUT2D eigenvalue weighted by molar-refractivity contribution is 6.08. The maximum absolute atomic E-state index is 12.5. The van der Waals surface area contributed by atoms with E-state index >= 15 is 0 Å². The molecule has 0 saturated heterocycles. The van der Waals surface area contributed by atoms with E-state index < -0.39 is 5.92 Å². The molecule has 5 nitrogen and oxygen atoms in total. The summed E-state index contributed by atoms with van der Waals surface area (Å²) < 4.78 is 0. The topological polar surface area (TPSA) is 80.3 Å². The molecular weight excluding hydrogens is 306 g/mol. The molecule has 1 amide bonds. The van der Waals surface area contributed by atoms with Crippen molar-refractivity contribution in [1.29, 1.82) is 0 Å². The van der Waals surface area contributed by atoms with Gasteiger partial charge in [0.25, 0.3) is 0 Å². The lowest BCUT2D eigenvalue weighted by atomic mass is 9.77. The van der Waals surface area contributed by atoms with Crippen molar-refractivity contribution in [2.45, 2.75) is 52.4 Å². The van der Waals surface area contributed by atoms with Gasteiger partial charge in [-0.2, -0.15) is 0 Å². The first-order chi connectivity index (χ1) is 11.2. The van der Waals surface area contributed by atoms with Crippen molar-refractivity contribution in [3.8, 4) is 0 Å². The van der Waals surface area contributed by atoms with Gasteiger partial charge in [0.2, 0.25) is 5.91 Å². The fourth-order valence-electron chi connectivity index (χ4n) is 3.11. The second-order valence-corrected chi connectivity index (χ2v) is 6.98. The van der Waals surface area contributed by atoms with Crippen LogP contribution in [0.25, 0.3) is 0 Å². The van der Waals surface area contributed by atoms with Gasteiger partial charge in [-0.15, -0.1) is 0 Å². The average Bonchev–Trinajstić information content (AvgIpc) is 2.50. The van der Waals surface area contributed by atoms with Crippen LogP contribution in [-0.2, 0) is 19.8 Å². The van der Waals surface area contributed by atoms with E-state index in [9.17, 15) is 19.2 Å². The van der Waals surface area contributed by atoms with Crippen LogP contribution in [0.4, 0.5) is 5.69 Å². The summed E-state index contributed by atoms with van der Waals surface area (Å²) in [6.45, 7) is 6.94. The summed E-state index contributed by atoms with van der Waals surface area (Å²) in [6, 6.07) is 5.12. The van der Waals surface area contributed by atoms with Gasteiger partial charge in [0, 0.05) is 35.9 Å². The molecule has 24 heavy (non-hydrogen) atoms. The Hall–Kier alpha value is -2.30. The Kier molecular flexibility index (Phi) is 5.02. The Morgan fingerprint density at radius 2 is 1.92 bits per heavy atom. The Morgan fingerprint density at radius 3 is 2.50 bits per heavy atom. The molecule has 5 heteroatoms. The number of anilines is 1. The van der Waals surface area contributed by atoms with E-state index in [0.717, 1.165) is 5.56 Å². The van der Waals surface area contributed by atoms with E-state index in [-0.39, 0.29) is 41.5 Å². The van der Waals surface area contributed by atoms with Crippen LogP contribution in [0.3, 0.4) is 0 Å². The zero-order valence-electron chi connectivity index (χ0n) is 14.6. The number of benzene rings is 1. The number of carbonyl (C=O) groups excluding carboxylic acids is 4. The fourth-order valence-corrected chi connectivity index (χ4v) is 3.11. The van der Waals surface area contributed by atoms with Crippen LogP contribution in [0.1, 0.15) is 62.9 Å². The summed E-state index contributed by atoms with van der Waals surface area (Å²) in [5, 5.41) is 2.81. The number of hydrogen-bond donors (Lipinski definition) is 1. The highest BCUT2D eigenvalue weighted by atomic mass is 16.2. The molecule has 1 unspecified atom stereocenters. The van der Waals surface area contributed by atoms with Crippen molar-refractivity contribution in [2.75, 3.05) is 5.32 Å². The Bertz CT molecular complexity index is 718. The van der Waals surface area contributed by atoms with Crippen LogP contribution in [-0.4, -0.2) is 23.3 Å². The second kappa shape index (κ2) is 6.67. The summed E-state index contributed by atoms with van der Waals surface area (Å²) >= 11 is 0. The lowest BCUT2D eigenvalue weighted by Crippen LogP contribution is -2.32. The third kappa shape index (κ3) is 3.61. The van der Waals surface area contributed by atoms with Gasteiger partial charge in [0.15, 0.2) is 5.78 Å². The van der Waals surface area contributed by atoms with E-state index in [4.69, 9.17) is 0 Å². The fraction of sp³-hybridized carbons (Fsp3) is 0.474. The molecule has 0 aliphatic carbocycles. The molecule has 1 aliphatic rings. The van der Waals surface area contributed by atoms with Crippen molar-refractivity contribution >= 4 is 28.9 Å². The van der Waals surface area contributed by atoms with Gasteiger partial charge in [-0.1, -0.05) is 20.8 Å². The van der Waals surface area contributed by atoms with Crippen LogP contribution < -0.4 is 5.32 Å². The molecule has 1 heterocycles. The van der Waals surface area contributed by atoms with E-state index in [2.05, 4.69) is 5.32 Å². The largest absolute Gasteiger partial charge is 0.326 e. The van der Waals surface area contributed by atoms with Gasteiger partial charge < -0.3 is 5.32 Å². The molecule has 1 aromatic carbocycles. The lowest BCUT2D eigenvalue weighted by Gasteiger charge is -2.32. The standard InChI is InChI=1S/C19H23NO4/c1-5-16(22)13(11(2)21)9-17(23)12-6-7-15-14(8-12)19(3,4)10-18(24)20-15/h6-8,13H,5,9-10H2,1-4H3,(H,20,24). The maximum atomic E-state index is 12.5. The highest BCUT2D eigenvalue weighted by Gasteiger charge is 2.33. The predicted octanol–water partition coefficient (Wildman–Crippen LogP) is 3.06. The molecular formula is C19H23NO4. The number of fused-ring (bicyclic) bond motifs is 1. The monoisotopic (exact) mass is 329 g/mol. The third-order valence-electron chi connectivity index (χ3n) is 4.56. The Labute approximate surface area is 141 Å². The molecule has 1 N–H and O–H groups in total. The zero-order chi connectivity index (χ0) is 18.1. The average molecular weight is 329 g/mol. The summed E-state index contributed by atoms with van der Waals surface area (Å²) in [5.41, 5.74) is 1.70. The number of hydrogen-bond acceptors (Lipinski definition) is 4. The second-order valence-electron chi connectivity index (χ2n) is 6.98. The van der Waals surface area contributed by atoms with Gasteiger partial charge in [0.1, 0.15) is 11.6 Å². The highest BCUT2D eigenvalue weighted by Crippen LogP contribution is 2.37. The summed E-state index contributed by atoms with van der Waals surface area (Å²) in [5.74, 6) is -1.63. The first kappa shape index (κ1) is 18.0. The maximum Gasteiger partial charge on any atom is 0.225 e. The molecule has 128 valence electrons. The zero-order valence-corrected chi connectivity index (χ0v) is 14.6. The molecule has 0 saturated carbocycles. The summed E-state index contributed by atoms with van der Waals surface area (Å²) in [6.07, 6.45) is 0.483. The van der Waals surface area contributed by atoms with E-state index in [1.807, 2.05) is 13.8 Å². The van der Waals surface area contributed by atoms with Crippen molar-refractivity contribution in [1.82, 2.24) is 0 Å². The van der Waals surface area contributed by atoms with Crippen LogP contribution in [0.2, 0.25) is 0 Å². The van der Waals surface area contributed by atoms with E-state index in [1.165, 1.54) is 6.92 Å². The van der Waals surface area contributed by atoms with Gasteiger partial charge >= 0.3 is 0 Å². The van der Waals surface area contributed by atoms with Gasteiger partial charge in [0.05, 0.1) is 5.92 Å². The van der Waals surface area contributed by atoms with Crippen molar-refractivity contribution in [3.63, 3.8) is 0 Å². The number of rotatable bonds is 6. The lowest BCUT2D eigenvalue weighted by molar-refractivity contribution is -0.131. The number of nitrogens with one attached hydrogen (secondary N) is 1. The Balaban J connectivity index is 2.30. The predicted molar refractivity (Wildman–Crippen MR) is 91.1 cm³/mol. The quantitative estimate of drug-likeness (QED) is 0.642. The molecule has 1 atom stereocenters. The van der Waals surface area contributed by atoms with Crippen LogP contribution in [0.5, 0.6) is 0 Å². The minimum atomic E-state index is -0.869. The van der Waals surface area contributed by atoms with Crippen molar-refractivity contribution in [2.24, 2.45) is 5.92 Å². The number of ketones is 3. The SMILES string of the molecule is CCC(=O)C(CC(=O)c1ccc2c(c1)C(C)(C)CC(=O)N2)C(C)=O. The molecule has 0 aromatic heterocycles. The van der Waals surface area contributed by atoms with Gasteiger partial charge in [-0.05, 0) is 30.7 Å². The number of Topliss-reactive ketones (excluding diaryl/α,β-unsaturated/α-hetero) is 3. The normalized spacial score (nSPS) is 16.8. The Morgan fingerprint density at radius 1 is 1.25 bits per heavy atom. The molecule has 1 aromatic rings. The molecule has 0 spiro atoms. The third-order valence-corrected chi connectivity index (χ3v) is 4.56. The first-order valence-corrected chi connectivity index (χ1v) is 8.16. The molecule has 1 aliphatic heterocycles. The van der Waals surface area contributed by atoms with Crippen molar-refractivity contribution < 1.29 is 19.2 Å². The number of amides is 1. The molecule has 2 rings (SSSR count).